The van der Waals surface area contributed by atoms with Gasteiger partial charge in [-0.2, -0.15) is 0 Å². The van der Waals surface area contributed by atoms with E-state index in [9.17, 15) is 4.79 Å². The van der Waals surface area contributed by atoms with Gasteiger partial charge in [0.15, 0.2) is 0 Å². The predicted molar refractivity (Wildman–Crippen MR) is 109 cm³/mol. The van der Waals surface area contributed by atoms with Crippen LogP contribution in [0.1, 0.15) is 34.5 Å². The summed E-state index contributed by atoms with van der Waals surface area (Å²) < 4.78 is 5.51. The molecule has 3 aromatic carbocycles. The van der Waals surface area contributed by atoms with Gasteiger partial charge in [-0.3, -0.25) is 4.79 Å². The number of amides is 1. The van der Waals surface area contributed by atoms with E-state index in [0.717, 1.165) is 29.0 Å². The molecule has 0 saturated carbocycles. The quantitative estimate of drug-likeness (QED) is 0.660. The second-order valence-electron chi connectivity index (χ2n) is 6.49. The van der Waals surface area contributed by atoms with Crippen LogP contribution >= 0.6 is 0 Å². The summed E-state index contributed by atoms with van der Waals surface area (Å²) in [6, 6.07) is 24.0. The molecule has 0 radical (unpaired) electrons. The molecule has 0 aliphatic carbocycles. The third kappa shape index (κ3) is 4.54. The van der Waals surface area contributed by atoms with Gasteiger partial charge in [0.2, 0.25) is 5.91 Å². The van der Waals surface area contributed by atoms with Crippen LogP contribution in [0.4, 0.5) is 0 Å². The van der Waals surface area contributed by atoms with Crippen molar-refractivity contribution < 1.29 is 9.53 Å². The maximum atomic E-state index is 11.5. The molecule has 1 amide bonds. The van der Waals surface area contributed by atoms with Crippen LogP contribution in [0.2, 0.25) is 0 Å². The van der Waals surface area contributed by atoms with Gasteiger partial charge < -0.3 is 15.8 Å². The smallest absolute Gasteiger partial charge is 0.248 e. The summed E-state index contributed by atoms with van der Waals surface area (Å²) in [7, 11) is 1.65. The van der Waals surface area contributed by atoms with Crippen LogP contribution in [0.25, 0.3) is 11.1 Å². The van der Waals surface area contributed by atoms with Gasteiger partial charge in [-0.1, -0.05) is 48.5 Å². The number of ether oxygens (including phenoxy) is 1. The number of primary amides is 1. The minimum atomic E-state index is -0.440. The number of carbonyl (C=O) groups excluding carboxylic acids is 1. The van der Waals surface area contributed by atoms with E-state index < -0.39 is 5.91 Å². The Morgan fingerprint density at radius 1 is 1.04 bits per heavy atom. The number of rotatable bonds is 7. The lowest BCUT2D eigenvalue weighted by atomic mass is 9.99. The molecule has 3 N–H and O–H groups in total. The molecule has 4 nitrogen and oxygen atoms in total. The largest absolute Gasteiger partial charge is 0.496 e. The first-order chi connectivity index (χ1) is 13.1. The van der Waals surface area contributed by atoms with Gasteiger partial charge in [0.25, 0.3) is 0 Å². The fourth-order valence-corrected chi connectivity index (χ4v) is 3.06. The molecular formula is C23H24N2O2. The van der Waals surface area contributed by atoms with Crippen molar-refractivity contribution >= 4 is 5.91 Å². The average Bonchev–Trinajstić information content (AvgIpc) is 2.72. The van der Waals surface area contributed by atoms with Crippen molar-refractivity contribution in [3.8, 4) is 16.9 Å². The molecule has 27 heavy (non-hydrogen) atoms. The van der Waals surface area contributed by atoms with E-state index in [1.165, 1.54) is 5.56 Å². The van der Waals surface area contributed by atoms with Crippen LogP contribution in [-0.4, -0.2) is 13.0 Å². The van der Waals surface area contributed by atoms with Crippen molar-refractivity contribution in [2.75, 3.05) is 7.11 Å². The highest BCUT2D eigenvalue weighted by atomic mass is 16.5. The van der Waals surface area contributed by atoms with Gasteiger partial charge in [0, 0.05) is 23.7 Å². The molecule has 0 fully saturated rings. The fourth-order valence-electron chi connectivity index (χ4n) is 3.06. The van der Waals surface area contributed by atoms with Crippen LogP contribution in [0.15, 0.2) is 72.8 Å². The molecule has 0 heterocycles. The number of hydrogen-bond donors (Lipinski definition) is 2. The fraction of sp³-hybridized carbons (Fsp3) is 0.174. The summed E-state index contributed by atoms with van der Waals surface area (Å²) >= 11 is 0. The SMILES string of the molecule is COc1ccc(CN[C@H](C)c2ccccc2)cc1-c1cccc(C(N)=O)c1. The lowest BCUT2D eigenvalue weighted by Gasteiger charge is -2.16. The zero-order valence-corrected chi connectivity index (χ0v) is 15.6. The number of benzene rings is 3. The lowest BCUT2D eigenvalue weighted by molar-refractivity contribution is 0.100. The van der Waals surface area contributed by atoms with Gasteiger partial charge in [-0.05, 0) is 47.9 Å². The molecule has 0 saturated heterocycles. The zero-order chi connectivity index (χ0) is 19.2. The predicted octanol–water partition coefficient (Wildman–Crippen LogP) is 4.31. The van der Waals surface area contributed by atoms with E-state index in [0.29, 0.717) is 5.56 Å². The number of methoxy groups -OCH3 is 1. The lowest BCUT2D eigenvalue weighted by Crippen LogP contribution is -2.18. The van der Waals surface area contributed by atoms with Gasteiger partial charge >= 0.3 is 0 Å². The topological polar surface area (TPSA) is 64.3 Å². The highest BCUT2D eigenvalue weighted by Gasteiger charge is 2.10. The molecule has 138 valence electrons. The highest BCUT2D eigenvalue weighted by molar-refractivity contribution is 5.94. The number of hydrogen-bond acceptors (Lipinski definition) is 3. The van der Waals surface area contributed by atoms with Crippen LogP contribution in [0.3, 0.4) is 0 Å². The standard InChI is InChI=1S/C23H24N2O2/c1-16(18-7-4-3-5-8-18)25-15-17-11-12-22(27-2)21(13-17)19-9-6-10-20(14-19)23(24)26/h3-14,16,25H,15H2,1-2H3,(H2,24,26)/t16-/m1/s1. The summed E-state index contributed by atoms with van der Waals surface area (Å²) in [6.45, 7) is 2.87. The molecule has 0 bridgehead atoms. The Morgan fingerprint density at radius 3 is 2.52 bits per heavy atom. The first kappa shape index (κ1) is 18.7. The maximum Gasteiger partial charge on any atom is 0.248 e. The Bertz CT molecular complexity index is 923. The second-order valence-corrected chi connectivity index (χ2v) is 6.49. The Balaban J connectivity index is 1.83. The van der Waals surface area contributed by atoms with Crippen molar-refractivity contribution in [2.24, 2.45) is 5.73 Å². The number of carbonyl (C=O) groups is 1. The van der Waals surface area contributed by atoms with Gasteiger partial charge in [-0.25, -0.2) is 0 Å². The highest BCUT2D eigenvalue weighted by Crippen LogP contribution is 2.31. The van der Waals surface area contributed by atoms with Crippen molar-refractivity contribution in [3.05, 3.63) is 89.5 Å². The summed E-state index contributed by atoms with van der Waals surface area (Å²) in [6.07, 6.45) is 0. The van der Waals surface area contributed by atoms with E-state index in [1.54, 1.807) is 19.2 Å². The van der Waals surface area contributed by atoms with Gasteiger partial charge in [0.1, 0.15) is 5.75 Å². The minimum Gasteiger partial charge on any atom is -0.496 e. The van der Waals surface area contributed by atoms with E-state index in [-0.39, 0.29) is 6.04 Å². The molecule has 0 unspecified atom stereocenters. The van der Waals surface area contributed by atoms with Crippen LogP contribution < -0.4 is 15.8 Å². The maximum absolute atomic E-state index is 11.5. The second kappa shape index (κ2) is 8.52. The monoisotopic (exact) mass is 360 g/mol. The Kier molecular flexibility index (Phi) is 5.89. The summed E-state index contributed by atoms with van der Waals surface area (Å²) in [5.41, 5.74) is 10.1. The van der Waals surface area contributed by atoms with Crippen LogP contribution in [-0.2, 0) is 6.54 Å². The third-order valence-corrected chi connectivity index (χ3v) is 4.63. The summed E-state index contributed by atoms with van der Waals surface area (Å²) in [5.74, 6) is 0.321. The molecule has 0 spiro atoms. The number of nitrogens with two attached hydrogens (primary N) is 1. The van der Waals surface area contributed by atoms with Gasteiger partial charge in [-0.15, -0.1) is 0 Å². The Morgan fingerprint density at radius 2 is 1.81 bits per heavy atom. The average molecular weight is 360 g/mol. The molecular weight excluding hydrogens is 336 g/mol. The summed E-state index contributed by atoms with van der Waals surface area (Å²) in [5, 5.41) is 3.55. The van der Waals surface area contributed by atoms with E-state index >= 15 is 0 Å². The molecule has 0 aliphatic heterocycles. The molecule has 3 rings (SSSR count). The summed E-state index contributed by atoms with van der Waals surface area (Å²) in [4.78, 5) is 11.5. The van der Waals surface area contributed by atoms with Crippen LogP contribution in [0, 0.1) is 0 Å². The van der Waals surface area contributed by atoms with Crippen molar-refractivity contribution in [2.45, 2.75) is 19.5 Å². The van der Waals surface area contributed by atoms with E-state index in [4.69, 9.17) is 10.5 Å². The Hall–Kier alpha value is -3.11. The van der Waals surface area contributed by atoms with E-state index in [2.05, 4.69) is 30.4 Å². The molecule has 4 heteroatoms. The van der Waals surface area contributed by atoms with Crippen molar-refractivity contribution in [1.82, 2.24) is 5.32 Å². The van der Waals surface area contributed by atoms with Crippen LogP contribution in [0.5, 0.6) is 5.75 Å². The molecule has 0 aromatic heterocycles. The molecule has 3 aromatic rings. The Labute approximate surface area is 160 Å². The molecule has 1 atom stereocenters. The van der Waals surface area contributed by atoms with Crippen molar-refractivity contribution in [3.63, 3.8) is 0 Å². The molecule has 0 aliphatic rings. The first-order valence-electron chi connectivity index (χ1n) is 8.94. The minimum absolute atomic E-state index is 0.245. The first-order valence-corrected chi connectivity index (χ1v) is 8.94. The zero-order valence-electron chi connectivity index (χ0n) is 15.6. The number of nitrogens with one attached hydrogen (secondary N) is 1. The normalized spacial score (nSPS) is 11.8. The van der Waals surface area contributed by atoms with Crippen molar-refractivity contribution in [1.29, 1.82) is 0 Å². The third-order valence-electron chi connectivity index (χ3n) is 4.63. The van der Waals surface area contributed by atoms with Gasteiger partial charge in [0.05, 0.1) is 7.11 Å². The van der Waals surface area contributed by atoms with E-state index in [1.807, 2.05) is 42.5 Å².